The van der Waals surface area contributed by atoms with E-state index in [0.717, 1.165) is 12.8 Å². The van der Waals surface area contributed by atoms with E-state index in [4.69, 9.17) is 0 Å². The summed E-state index contributed by atoms with van der Waals surface area (Å²) in [7, 11) is 2.21. The summed E-state index contributed by atoms with van der Waals surface area (Å²) in [4.78, 5) is 2.84. The smallest absolute Gasteiger partial charge is 0.200 e. The number of nitrogens with zero attached hydrogens (tertiary/aromatic N) is 1. The van der Waals surface area contributed by atoms with E-state index in [1.165, 1.54) is 70.1 Å². The number of hydrogen-bond acceptors (Lipinski definition) is 1. The highest BCUT2D eigenvalue weighted by molar-refractivity contribution is 8.00. The summed E-state index contributed by atoms with van der Waals surface area (Å²) >= 11 is 2.00. The van der Waals surface area contributed by atoms with Crippen LogP contribution in [0.3, 0.4) is 0 Å². The molecule has 1 aliphatic heterocycles. The van der Waals surface area contributed by atoms with Gasteiger partial charge in [-0.3, -0.25) is 0 Å². The van der Waals surface area contributed by atoms with Crippen molar-refractivity contribution in [1.82, 2.24) is 0 Å². The fourth-order valence-electron chi connectivity index (χ4n) is 6.16. The minimum atomic E-state index is 0.204. The first kappa shape index (κ1) is 23.6. The van der Waals surface area contributed by atoms with E-state index in [9.17, 15) is 0 Å². The predicted octanol–water partition coefficient (Wildman–Crippen LogP) is 9.20. The molecule has 0 amide bonds. The van der Waals surface area contributed by atoms with Gasteiger partial charge < -0.3 is 0 Å². The molecule has 0 saturated heterocycles. The van der Waals surface area contributed by atoms with Gasteiger partial charge in [-0.05, 0) is 75.4 Å². The molecule has 1 aliphatic rings. The Bertz CT molecular complexity index is 1680. The number of rotatable bonds is 3. The molecular formula is C34H36NS+. The number of aryl methyl sites for hydroxylation is 2. The van der Waals surface area contributed by atoms with Gasteiger partial charge in [-0.15, -0.1) is 0 Å². The highest BCUT2D eigenvalue weighted by atomic mass is 32.2. The van der Waals surface area contributed by atoms with Gasteiger partial charge in [0.15, 0.2) is 6.20 Å². The van der Waals surface area contributed by atoms with Crippen LogP contribution in [0.25, 0.3) is 43.6 Å². The minimum absolute atomic E-state index is 0.204. The van der Waals surface area contributed by atoms with Gasteiger partial charge in [-0.25, -0.2) is 4.57 Å². The molecule has 0 unspecified atom stereocenters. The van der Waals surface area contributed by atoms with Gasteiger partial charge >= 0.3 is 0 Å². The molecular weight excluding hydrogens is 454 g/mol. The van der Waals surface area contributed by atoms with Crippen LogP contribution in [0.2, 0.25) is 0 Å². The summed E-state index contributed by atoms with van der Waals surface area (Å²) in [6.45, 7) is 14.0. The van der Waals surface area contributed by atoms with Crippen LogP contribution in [0, 0.1) is 18.3 Å². The summed E-state index contributed by atoms with van der Waals surface area (Å²) in [5.41, 5.74) is 7.32. The lowest BCUT2D eigenvalue weighted by Gasteiger charge is -2.28. The molecule has 0 spiro atoms. The normalized spacial score (nSPS) is 13.2. The number of aromatic nitrogens is 1. The molecule has 0 N–H and O–H groups in total. The maximum Gasteiger partial charge on any atom is 0.222 e. The summed E-state index contributed by atoms with van der Waals surface area (Å²) in [5, 5.41) is 8.29. The lowest BCUT2D eigenvalue weighted by Crippen LogP contribution is -2.32. The van der Waals surface area contributed by atoms with Gasteiger partial charge in [-0.2, -0.15) is 0 Å². The van der Waals surface area contributed by atoms with Crippen molar-refractivity contribution in [2.24, 2.45) is 18.4 Å². The van der Waals surface area contributed by atoms with Gasteiger partial charge in [0.2, 0.25) is 5.69 Å². The molecule has 0 fully saturated rings. The third-order valence-electron chi connectivity index (χ3n) is 7.60. The molecule has 1 aromatic heterocycles. The van der Waals surface area contributed by atoms with Crippen molar-refractivity contribution in [1.29, 1.82) is 0 Å². The van der Waals surface area contributed by atoms with Crippen LogP contribution < -0.4 is 4.57 Å². The zero-order valence-electron chi connectivity index (χ0n) is 22.6. The average molecular weight is 491 g/mol. The average Bonchev–Trinajstić information content (AvgIpc) is 2.81. The van der Waals surface area contributed by atoms with Crippen LogP contribution >= 0.6 is 11.8 Å². The van der Waals surface area contributed by atoms with Crippen LogP contribution in [0.4, 0.5) is 0 Å². The quantitative estimate of drug-likeness (QED) is 0.177. The Labute approximate surface area is 219 Å². The minimum Gasteiger partial charge on any atom is -0.200 e. The maximum atomic E-state index is 2.46. The molecule has 182 valence electrons. The van der Waals surface area contributed by atoms with E-state index in [0.29, 0.717) is 5.92 Å². The summed E-state index contributed by atoms with van der Waals surface area (Å²) < 4.78 is 2.35. The third-order valence-corrected chi connectivity index (χ3v) is 8.79. The van der Waals surface area contributed by atoms with Gasteiger partial charge in [0, 0.05) is 21.2 Å². The van der Waals surface area contributed by atoms with Crippen LogP contribution in [0.5, 0.6) is 0 Å². The lowest BCUT2D eigenvalue weighted by atomic mass is 9.83. The van der Waals surface area contributed by atoms with Crippen molar-refractivity contribution in [2.45, 2.75) is 64.2 Å². The van der Waals surface area contributed by atoms with Crippen molar-refractivity contribution >= 4 is 44.1 Å². The van der Waals surface area contributed by atoms with E-state index >= 15 is 0 Å². The topological polar surface area (TPSA) is 3.88 Å². The van der Waals surface area contributed by atoms with E-state index in [1.807, 2.05) is 11.8 Å². The number of pyridine rings is 1. The number of benzene rings is 4. The predicted molar refractivity (Wildman–Crippen MR) is 156 cm³/mol. The van der Waals surface area contributed by atoms with Crippen molar-refractivity contribution < 1.29 is 4.57 Å². The molecule has 2 heteroatoms. The summed E-state index contributed by atoms with van der Waals surface area (Å²) in [5.74, 6) is 0.657. The molecule has 0 radical (unpaired) electrons. The number of fused-ring (bicyclic) bond motifs is 5. The standard InChI is InChI=1S/C34H36NS/c1-20(2)16-22-12-13-25-23(17-22)18-29-31-27(25)14-15-35(7)32(31)30-21(3)24-10-8-9-11-26(24)28(33(30)36-29)19-34(4,5)6/h8-15,17-18,20H,16,19H2,1-7H3/q+1. The van der Waals surface area contributed by atoms with E-state index in [1.54, 1.807) is 0 Å². The first-order chi connectivity index (χ1) is 17.1. The third kappa shape index (κ3) is 3.73. The highest BCUT2D eigenvalue weighted by Gasteiger charge is 2.33. The molecule has 1 nitrogen and oxygen atoms in total. The second kappa shape index (κ2) is 8.35. The lowest BCUT2D eigenvalue weighted by molar-refractivity contribution is -0.659. The molecule has 0 aliphatic carbocycles. The van der Waals surface area contributed by atoms with Crippen LogP contribution in [-0.4, -0.2) is 0 Å². The summed E-state index contributed by atoms with van der Waals surface area (Å²) in [6.07, 6.45) is 4.44. The van der Waals surface area contributed by atoms with E-state index in [-0.39, 0.29) is 5.41 Å². The van der Waals surface area contributed by atoms with Crippen LogP contribution in [0.1, 0.15) is 51.3 Å². The first-order valence-corrected chi connectivity index (χ1v) is 14.0. The molecule has 6 rings (SSSR count). The molecule has 0 saturated carbocycles. The molecule has 36 heavy (non-hydrogen) atoms. The highest BCUT2D eigenvalue weighted by Crippen LogP contribution is 2.53. The zero-order valence-corrected chi connectivity index (χ0v) is 23.4. The molecule has 0 bridgehead atoms. The molecule has 0 atom stereocenters. The maximum absolute atomic E-state index is 2.46. The van der Waals surface area contributed by atoms with Gasteiger partial charge in [0.05, 0.1) is 10.9 Å². The fraction of sp³-hybridized carbons (Fsp3) is 0.324. The van der Waals surface area contributed by atoms with Gasteiger partial charge in [0.1, 0.15) is 7.05 Å². The Morgan fingerprint density at radius 2 is 1.64 bits per heavy atom. The zero-order chi connectivity index (χ0) is 25.4. The van der Waals surface area contributed by atoms with Crippen LogP contribution in [0.15, 0.2) is 70.6 Å². The SMILES string of the molecule is Cc1c2c(c(CC(C)(C)C)c3ccccc13)Sc1cc3cc(CC(C)C)ccc3c3cc[n+](C)c-2c13. The second-order valence-electron chi connectivity index (χ2n) is 12.3. The largest absolute Gasteiger partial charge is 0.222 e. The monoisotopic (exact) mass is 490 g/mol. The van der Waals surface area contributed by atoms with Crippen LogP contribution in [-0.2, 0) is 19.9 Å². The number of hydrogen-bond donors (Lipinski definition) is 0. The fourth-order valence-corrected chi connectivity index (χ4v) is 7.53. The van der Waals surface area contributed by atoms with Gasteiger partial charge in [-0.1, -0.05) is 88.8 Å². The van der Waals surface area contributed by atoms with Crippen molar-refractivity contribution in [3.8, 4) is 11.3 Å². The van der Waals surface area contributed by atoms with E-state index < -0.39 is 0 Å². The van der Waals surface area contributed by atoms with Gasteiger partial charge in [0.25, 0.3) is 0 Å². The molecule has 4 aromatic carbocycles. The Morgan fingerprint density at radius 3 is 2.36 bits per heavy atom. The Balaban J connectivity index is 1.73. The molecule has 5 aromatic rings. The van der Waals surface area contributed by atoms with Crippen molar-refractivity contribution in [3.05, 3.63) is 77.5 Å². The van der Waals surface area contributed by atoms with Crippen molar-refractivity contribution in [3.63, 3.8) is 0 Å². The molecule has 2 heterocycles. The van der Waals surface area contributed by atoms with E-state index in [2.05, 4.69) is 114 Å². The Kier molecular flexibility index (Phi) is 5.46. The first-order valence-electron chi connectivity index (χ1n) is 13.2. The second-order valence-corrected chi connectivity index (χ2v) is 13.3. The summed E-state index contributed by atoms with van der Waals surface area (Å²) in [6, 6.07) is 20.9. The van der Waals surface area contributed by atoms with Crippen molar-refractivity contribution in [2.75, 3.05) is 0 Å². The Morgan fingerprint density at radius 1 is 0.889 bits per heavy atom. The Hall–Kier alpha value is -2.84.